The lowest BCUT2D eigenvalue weighted by molar-refractivity contribution is -0.141. The van der Waals surface area contributed by atoms with Crippen LogP contribution in [0.25, 0.3) is 0 Å². The Morgan fingerprint density at radius 3 is 2.94 bits per heavy atom. The molecule has 92 valence electrons. The molecule has 2 N–H and O–H groups in total. The third-order valence-corrected chi connectivity index (χ3v) is 1.75. The molecule has 0 unspecified atom stereocenters. The Balaban J connectivity index is 2.50. The van der Waals surface area contributed by atoms with E-state index in [-0.39, 0.29) is 17.9 Å². The zero-order valence-corrected chi connectivity index (χ0v) is 9.69. The van der Waals surface area contributed by atoms with E-state index in [2.05, 4.69) is 20.7 Å². The number of aromatic amines is 1. The molecule has 1 heterocycles. The van der Waals surface area contributed by atoms with E-state index in [4.69, 9.17) is 4.74 Å². The van der Waals surface area contributed by atoms with Gasteiger partial charge in [-0.25, -0.2) is 5.10 Å². The van der Waals surface area contributed by atoms with E-state index in [9.17, 15) is 9.59 Å². The number of carbonyl (C=O) groups excluding carboxylic acids is 1. The summed E-state index contributed by atoms with van der Waals surface area (Å²) in [6, 6.07) is 2.81. The molecule has 1 aromatic heterocycles. The van der Waals surface area contributed by atoms with Gasteiger partial charge in [-0.1, -0.05) is 0 Å². The van der Waals surface area contributed by atoms with E-state index in [1.54, 1.807) is 13.8 Å². The first kappa shape index (κ1) is 12.9. The first-order valence-corrected chi connectivity index (χ1v) is 5.12. The molecule has 0 bridgehead atoms. The highest BCUT2D eigenvalue weighted by Crippen LogP contribution is 1.97. The minimum Gasteiger partial charge on any atom is -0.466 e. The minimum atomic E-state index is -0.329. The third-order valence-electron chi connectivity index (χ3n) is 1.75. The number of esters is 1. The van der Waals surface area contributed by atoms with Gasteiger partial charge in [0.15, 0.2) is 5.82 Å². The van der Waals surface area contributed by atoms with Gasteiger partial charge >= 0.3 is 5.97 Å². The fourth-order valence-electron chi connectivity index (χ4n) is 1.02. The molecule has 0 spiro atoms. The van der Waals surface area contributed by atoms with Crippen LogP contribution in [0.15, 0.2) is 22.0 Å². The van der Waals surface area contributed by atoms with Crippen LogP contribution in [0.1, 0.15) is 20.3 Å². The molecule has 0 saturated heterocycles. The lowest BCUT2D eigenvalue weighted by atomic mass is 10.3. The number of hydrogen-bond donors (Lipinski definition) is 2. The Morgan fingerprint density at radius 2 is 2.35 bits per heavy atom. The first-order valence-electron chi connectivity index (χ1n) is 5.12. The number of carbonyl (C=O) groups is 1. The molecule has 0 aliphatic heterocycles. The lowest BCUT2D eigenvalue weighted by Gasteiger charge is -2.02. The van der Waals surface area contributed by atoms with E-state index >= 15 is 0 Å². The number of hydrazone groups is 1. The molecule has 1 rings (SSSR count). The van der Waals surface area contributed by atoms with Gasteiger partial charge in [-0.05, 0) is 19.9 Å². The van der Waals surface area contributed by atoms with Crippen molar-refractivity contribution < 1.29 is 9.53 Å². The Labute approximate surface area is 97.9 Å². The molecule has 17 heavy (non-hydrogen) atoms. The summed E-state index contributed by atoms with van der Waals surface area (Å²) in [5.74, 6) is 0.0674. The number of nitrogens with one attached hydrogen (secondary N) is 2. The summed E-state index contributed by atoms with van der Waals surface area (Å²) in [5, 5.41) is 9.88. The molecular formula is C10H14N4O3. The molecule has 0 radical (unpaired) electrons. The van der Waals surface area contributed by atoms with Crippen molar-refractivity contribution in [2.45, 2.75) is 20.3 Å². The minimum absolute atomic E-state index is 0.115. The van der Waals surface area contributed by atoms with Crippen molar-refractivity contribution in [3.8, 4) is 0 Å². The van der Waals surface area contributed by atoms with Gasteiger partial charge in [0.05, 0.1) is 13.0 Å². The molecule has 7 heteroatoms. The van der Waals surface area contributed by atoms with Crippen LogP contribution >= 0.6 is 0 Å². The number of anilines is 1. The summed E-state index contributed by atoms with van der Waals surface area (Å²) in [7, 11) is 0. The van der Waals surface area contributed by atoms with Gasteiger partial charge in [0.25, 0.3) is 5.56 Å². The maximum atomic E-state index is 11.1. The summed E-state index contributed by atoms with van der Waals surface area (Å²) < 4.78 is 4.77. The summed E-state index contributed by atoms with van der Waals surface area (Å²) in [6.45, 7) is 3.78. The van der Waals surface area contributed by atoms with Crippen LogP contribution in [0.2, 0.25) is 0 Å². The van der Waals surface area contributed by atoms with Crippen molar-refractivity contribution in [3.63, 3.8) is 0 Å². The fraction of sp³-hybridized carbons (Fsp3) is 0.400. The van der Waals surface area contributed by atoms with E-state index in [0.29, 0.717) is 18.1 Å². The number of nitrogens with zero attached hydrogens (tertiary/aromatic N) is 2. The maximum absolute atomic E-state index is 11.1. The van der Waals surface area contributed by atoms with Gasteiger partial charge in [-0.2, -0.15) is 10.2 Å². The van der Waals surface area contributed by atoms with Gasteiger partial charge < -0.3 is 4.74 Å². The van der Waals surface area contributed by atoms with E-state index in [1.165, 1.54) is 12.1 Å². The SMILES string of the molecule is CCOC(=O)CC(C)=NNc1ccc(=O)[nH]n1. The van der Waals surface area contributed by atoms with Gasteiger partial charge in [-0.15, -0.1) is 0 Å². The van der Waals surface area contributed by atoms with Crippen molar-refractivity contribution in [3.05, 3.63) is 22.5 Å². The number of aromatic nitrogens is 2. The van der Waals surface area contributed by atoms with E-state index in [1.807, 2.05) is 0 Å². The normalized spacial score (nSPS) is 11.1. The smallest absolute Gasteiger partial charge is 0.311 e. The van der Waals surface area contributed by atoms with Crippen molar-refractivity contribution in [2.24, 2.45) is 5.10 Å². The van der Waals surface area contributed by atoms with Crippen LogP contribution in [-0.2, 0) is 9.53 Å². The van der Waals surface area contributed by atoms with Gasteiger partial charge in [-0.3, -0.25) is 15.0 Å². The molecule has 7 nitrogen and oxygen atoms in total. The Bertz CT molecular complexity index is 446. The van der Waals surface area contributed by atoms with Crippen molar-refractivity contribution in [2.75, 3.05) is 12.0 Å². The average Bonchev–Trinajstić information content (AvgIpc) is 2.28. The number of hydrogen-bond acceptors (Lipinski definition) is 6. The predicted octanol–water partition coefficient (Wildman–Crippen LogP) is 0.511. The molecule has 0 aliphatic carbocycles. The second-order valence-corrected chi connectivity index (χ2v) is 3.25. The highest BCUT2D eigenvalue weighted by Gasteiger charge is 2.03. The maximum Gasteiger partial charge on any atom is 0.311 e. The molecule has 0 aliphatic rings. The van der Waals surface area contributed by atoms with Crippen LogP contribution in [0.4, 0.5) is 5.82 Å². The van der Waals surface area contributed by atoms with Crippen LogP contribution in [0, 0.1) is 0 Å². The Kier molecular flexibility index (Phi) is 4.86. The number of ether oxygens (including phenoxy) is 1. The fourth-order valence-corrected chi connectivity index (χ4v) is 1.02. The highest BCUT2D eigenvalue weighted by molar-refractivity contribution is 5.97. The summed E-state index contributed by atoms with van der Waals surface area (Å²) in [5.41, 5.74) is 2.90. The van der Waals surface area contributed by atoms with Crippen LogP contribution in [0.5, 0.6) is 0 Å². The monoisotopic (exact) mass is 238 g/mol. The molecule has 0 fully saturated rings. The Hall–Kier alpha value is -2.18. The Morgan fingerprint density at radius 1 is 1.59 bits per heavy atom. The van der Waals surface area contributed by atoms with Crippen molar-refractivity contribution >= 4 is 17.5 Å². The largest absolute Gasteiger partial charge is 0.466 e. The quantitative estimate of drug-likeness (QED) is 0.442. The zero-order valence-electron chi connectivity index (χ0n) is 9.69. The van der Waals surface area contributed by atoms with Crippen molar-refractivity contribution in [1.82, 2.24) is 10.2 Å². The zero-order chi connectivity index (χ0) is 12.7. The topological polar surface area (TPSA) is 96.4 Å². The molecule has 0 aromatic carbocycles. The second-order valence-electron chi connectivity index (χ2n) is 3.25. The molecule has 1 aromatic rings. The van der Waals surface area contributed by atoms with E-state index < -0.39 is 0 Å². The van der Waals surface area contributed by atoms with Crippen LogP contribution < -0.4 is 11.0 Å². The third kappa shape index (κ3) is 4.92. The molecule has 0 saturated carbocycles. The standard InChI is InChI=1S/C10H14N4O3/c1-3-17-10(16)6-7(2)11-12-8-4-5-9(15)14-13-8/h4-5H,3,6H2,1-2H3,(H,12,13)(H,14,15). The summed E-state index contributed by atoms with van der Waals surface area (Å²) in [6.07, 6.45) is 0.115. The van der Waals surface area contributed by atoms with Gasteiger partial charge in [0, 0.05) is 11.8 Å². The van der Waals surface area contributed by atoms with Crippen LogP contribution in [0.3, 0.4) is 0 Å². The number of rotatable bonds is 5. The van der Waals surface area contributed by atoms with Gasteiger partial charge in [0.1, 0.15) is 0 Å². The molecule has 0 amide bonds. The second kappa shape index (κ2) is 6.41. The van der Waals surface area contributed by atoms with Crippen LogP contribution in [-0.4, -0.2) is 28.5 Å². The highest BCUT2D eigenvalue weighted by atomic mass is 16.5. The summed E-state index contributed by atoms with van der Waals surface area (Å²) in [4.78, 5) is 21.8. The molecule has 0 atom stereocenters. The van der Waals surface area contributed by atoms with Gasteiger partial charge in [0.2, 0.25) is 0 Å². The van der Waals surface area contributed by atoms with Crippen molar-refractivity contribution in [1.29, 1.82) is 0 Å². The first-order chi connectivity index (χ1) is 8.11. The predicted molar refractivity (Wildman–Crippen MR) is 62.8 cm³/mol. The number of H-pyrrole nitrogens is 1. The van der Waals surface area contributed by atoms with E-state index in [0.717, 1.165) is 0 Å². The molecular weight excluding hydrogens is 224 g/mol. The average molecular weight is 238 g/mol. The summed E-state index contributed by atoms with van der Waals surface area (Å²) >= 11 is 0. The lowest BCUT2D eigenvalue weighted by Crippen LogP contribution is -2.11.